The van der Waals surface area contributed by atoms with Crippen LogP contribution in [0.5, 0.6) is 11.5 Å². The average molecular weight is 334 g/mol. The highest BCUT2D eigenvalue weighted by atomic mass is 16.6. The monoisotopic (exact) mass is 334 g/mol. The first-order chi connectivity index (χ1) is 12.3. The second-order valence-electron chi connectivity index (χ2n) is 5.66. The fourth-order valence-electron chi connectivity index (χ4n) is 2.63. The molecule has 0 amide bonds. The summed E-state index contributed by atoms with van der Waals surface area (Å²) in [5.41, 5.74) is 1.86. The maximum Gasteiger partial charge on any atom is 0.163 e. The van der Waals surface area contributed by atoms with Crippen LogP contribution in [0.2, 0.25) is 0 Å². The molecule has 2 aromatic carbocycles. The molecule has 0 unspecified atom stereocenters. The molecule has 2 heterocycles. The van der Waals surface area contributed by atoms with Gasteiger partial charge in [0, 0.05) is 23.5 Å². The third-order valence-corrected chi connectivity index (χ3v) is 3.70. The van der Waals surface area contributed by atoms with Gasteiger partial charge in [0.25, 0.3) is 0 Å². The number of aryl methyl sites for hydroxylation is 1. The molecule has 6 heteroatoms. The summed E-state index contributed by atoms with van der Waals surface area (Å²) in [5, 5.41) is 6.58. The molecule has 0 atom stereocenters. The van der Waals surface area contributed by atoms with Crippen LogP contribution in [0.4, 0.5) is 23.0 Å². The number of aromatic nitrogens is 2. The first kappa shape index (κ1) is 15.3. The number of ether oxygens (including phenoxy) is 2. The second kappa shape index (κ2) is 6.68. The molecule has 1 aliphatic heterocycles. The van der Waals surface area contributed by atoms with Gasteiger partial charge in [-0.25, -0.2) is 9.97 Å². The van der Waals surface area contributed by atoms with Gasteiger partial charge in [-0.3, -0.25) is 0 Å². The molecule has 0 fully saturated rings. The number of nitrogens with one attached hydrogen (secondary N) is 2. The van der Waals surface area contributed by atoms with Gasteiger partial charge in [-0.15, -0.1) is 0 Å². The predicted octanol–water partition coefficient (Wildman–Crippen LogP) is 4.04. The van der Waals surface area contributed by atoms with E-state index in [-0.39, 0.29) is 0 Å². The topological polar surface area (TPSA) is 68.3 Å². The Balaban J connectivity index is 1.56. The number of rotatable bonds is 4. The lowest BCUT2D eigenvalue weighted by molar-refractivity contribution is 0.171. The molecular weight excluding hydrogens is 316 g/mol. The van der Waals surface area contributed by atoms with Crippen molar-refractivity contribution in [2.75, 3.05) is 23.8 Å². The maximum atomic E-state index is 5.62. The summed E-state index contributed by atoms with van der Waals surface area (Å²) in [6, 6.07) is 17.5. The van der Waals surface area contributed by atoms with Crippen molar-refractivity contribution in [2.24, 2.45) is 0 Å². The SMILES string of the molecule is Cc1nc(Nc2ccccc2)cc(Nc2ccc3c(c2)OCCO3)n1. The molecule has 6 nitrogen and oxygen atoms in total. The van der Waals surface area contributed by atoms with E-state index in [9.17, 15) is 0 Å². The van der Waals surface area contributed by atoms with Gasteiger partial charge in [-0.05, 0) is 31.2 Å². The predicted molar refractivity (Wildman–Crippen MR) is 97.2 cm³/mol. The van der Waals surface area contributed by atoms with Gasteiger partial charge in [0.05, 0.1) is 0 Å². The molecule has 2 N–H and O–H groups in total. The molecule has 0 spiro atoms. The lowest BCUT2D eigenvalue weighted by atomic mass is 10.2. The van der Waals surface area contributed by atoms with E-state index >= 15 is 0 Å². The Kier molecular flexibility index (Phi) is 4.08. The Bertz CT molecular complexity index is 884. The van der Waals surface area contributed by atoms with Crippen LogP contribution >= 0.6 is 0 Å². The van der Waals surface area contributed by atoms with Gasteiger partial charge >= 0.3 is 0 Å². The normalized spacial score (nSPS) is 12.5. The van der Waals surface area contributed by atoms with Crippen LogP contribution < -0.4 is 20.1 Å². The number of nitrogens with zero attached hydrogens (tertiary/aromatic N) is 2. The Morgan fingerprint density at radius 2 is 1.44 bits per heavy atom. The lowest BCUT2D eigenvalue weighted by Crippen LogP contribution is -2.15. The Labute approximate surface area is 145 Å². The molecule has 4 rings (SSSR count). The van der Waals surface area contributed by atoms with Crippen LogP contribution in [0.1, 0.15) is 5.82 Å². The molecule has 3 aromatic rings. The van der Waals surface area contributed by atoms with E-state index in [2.05, 4.69) is 20.6 Å². The molecular formula is C19H18N4O2. The summed E-state index contributed by atoms with van der Waals surface area (Å²) in [6.07, 6.45) is 0. The first-order valence-corrected chi connectivity index (χ1v) is 8.11. The highest BCUT2D eigenvalue weighted by Gasteiger charge is 2.12. The van der Waals surface area contributed by atoms with E-state index in [1.165, 1.54) is 0 Å². The molecule has 126 valence electrons. The quantitative estimate of drug-likeness (QED) is 0.750. The van der Waals surface area contributed by atoms with Crippen LogP contribution in [0.15, 0.2) is 54.6 Å². The number of hydrogen-bond donors (Lipinski definition) is 2. The first-order valence-electron chi connectivity index (χ1n) is 8.11. The smallest absolute Gasteiger partial charge is 0.163 e. The zero-order valence-electron chi connectivity index (χ0n) is 13.8. The summed E-state index contributed by atoms with van der Waals surface area (Å²) in [7, 11) is 0. The minimum absolute atomic E-state index is 0.564. The van der Waals surface area contributed by atoms with Crippen molar-refractivity contribution in [3.05, 3.63) is 60.4 Å². The van der Waals surface area contributed by atoms with Crippen LogP contribution in [0, 0.1) is 6.92 Å². The van der Waals surface area contributed by atoms with Gasteiger partial charge in [-0.2, -0.15) is 0 Å². The van der Waals surface area contributed by atoms with Crippen LogP contribution in [-0.2, 0) is 0 Å². The largest absolute Gasteiger partial charge is 0.486 e. The molecule has 25 heavy (non-hydrogen) atoms. The number of para-hydroxylation sites is 1. The third-order valence-electron chi connectivity index (χ3n) is 3.70. The van der Waals surface area contributed by atoms with E-state index in [1.807, 2.05) is 61.5 Å². The fourth-order valence-corrected chi connectivity index (χ4v) is 2.63. The zero-order chi connectivity index (χ0) is 17.1. The van der Waals surface area contributed by atoms with Gasteiger partial charge < -0.3 is 20.1 Å². The Hall–Kier alpha value is -3.28. The second-order valence-corrected chi connectivity index (χ2v) is 5.66. The minimum Gasteiger partial charge on any atom is -0.486 e. The summed E-state index contributed by atoms with van der Waals surface area (Å²) >= 11 is 0. The van der Waals surface area contributed by atoms with Crippen molar-refractivity contribution in [3.63, 3.8) is 0 Å². The molecule has 0 saturated heterocycles. The Morgan fingerprint density at radius 1 is 0.760 bits per heavy atom. The maximum absolute atomic E-state index is 5.62. The molecule has 0 radical (unpaired) electrons. The van der Waals surface area contributed by atoms with Gasteiger partial charge in [0.15, 0.2) is 11.5 Å². The fraction of sp³-hybridized carbons (Fsp3) is 0.158. The summed E-state index contributed by atoms with van der Waals surface area (Å²) in [4.78, 5) is 8.88. The van der Waals surface area contributed by atoms with E-state index in [4.69, 9.17) is 9.47 Å². The highest BCUT2D eigenvalue weighted by molar-refractivity contribution is 5.65. The molecule has 1 aromatic heterocycles. The molecule has 0 aliphatic carbocycles. The number of benzene rings is 2. The average Bonchev–Trinajstić information content (AvgIpc) is 2.62. The number of anilines is 4. The highest BCUT2D eigenvalue weighted by Crippen LogP contribution is 2.33. The number of hydrogen-bond acceptors (Lipinski definition) is 6. The van der Waals surface area contributed by atoms with Gasteiger partial charge in [0.2, 0.25) is 0 Å². The van der Waals surface area contributed by atoms with Crippen molar-refractivity contribution in [3.8, 4) is 11.5 Å². The molecule has 0 bridgehead atoms. The van der Waals surface area contributed by atoms with Gasteiger partial charge in [0.1, 0.15) is 30.7 Å². The summed E-state index contributed by atoms with van der Waals surface area (Å²) in [5.74, 6) is 3.63. The van der Waals surface area contributed by atoms with Crippen LogP contribution in [-0.4, -0.2) is 23.2 Å². The van der Waals surface area contributed by atoms with E-state index in [0.29, 0.717) is 24.9 Å². The van der Waals surface area contributed by atoms with Crippen molar-refractivity contribution in [1.29, 1.82) is 0 Å². The number of fused-ring (bicyclic) bond motifs is 1. The van der Waals surface area contributed by atoms with Crippen molar-refractivity contribution in [1.82, 2.24) is 9.97 Å². The van der Waals surface area contributed by atoms with Crippen molar-refractivity contribution in [2.45, 2.75) is 6.92 Å². The molecule has 1 aliphatic rings. The summed E-state index contributed by atoms with van der Waals surface area (Å²) in [6.45, 7) is 3.01. The van der Waals surface area contributed by atoms with Crippen molar-refractivity contribution < 1.29 is 9.47 Å². The van der Waals surface area contributed by atoms with E-state index < -0.39 is 0 Å². The standard InChI is InChI=1S/C19H18N4O2/c1-13-20-18(22-14-5-3-2-4-6-14)12-19(21-13)23-15-7-8-16-17(11-15)25-10-9-24-16/h2-8,11-12H,9-10H2,1H3,(H2,20,21,22,23). The minimum atomic E-state index is 0.564. The van der Waals surface area contributed by atoms with E-state index in [0.717, 1.165) is 28.7 Å². The summed E-state index contributed by atoms with van der Waals surface area (Å²) < 4.78 is 11.2. The van der Waals surface area contributed by atoms with Crippen LogP contribution in [0.3, 0.4) is 0 Å². The van der Waals surface area contributed by atoms with Crippen LogP contribution in [0.25, 0.3) is 0 Å². The Morgan fingerprint density at radius 3 is 2.20 bits per heavy atom. The zero-order valence-corrected chi connectivity index (χ0v) is 13.8. The lowest BCUT2D eigenvalue weighted by Gasteiger charge is -2.19. The van der Waals surface area contributed by atoms with Gasteiger partial charge in [-0.1, -0.05) is 18.2 Å². The van der Waals surface area contributed by atoms with Crippen molar-refractivity contribution >= 4 is 23.0 Å². The third kappa shape index (κ3) is 3.63. The molecule has 0 saturated carbocycles. The van der Waals surface area contributed by atoms with E-state index in [1.54, 1.807) is 0 Å².